The third kappa shape index (κ3) is 3.79. The number of hydrogen-bond acceptors (Lipinski definition) is 6. The smallest absolute Gasteiger partial charge is 0.251 e. The van der Waals surface area contributed by atoms with Gasteiger partial charge in [-0.1, -0.05) is 29.8 Å². The number of carbonyl (C=O) groups excluding carboxylic acids is 2. The van der Waals surface area contributed by atoms with Crippen LogP contribution in [0.2, 0.25) is 5.02 Å². The summed E-state index contributed by atoms with van der Waals surface area (Å²) >= 11 is 6.55. The fourth-order valence-electron chi connectivity index (χ4n) is 5.11. The predicted molar refractivity (Wildman–Crippen MR) is 139 cm³/mol. The van der Waals surface area contributed by atoms with Gasteiger partial charge in [0, 0.05) is 24.4 Å². The Bertz CT molecular complexity index is 1500. The van der Waals surface area contributed by atoms with Crippen LogP contribution < -0.4 is 15.4 Å². The van der Waals surface area contributed by atoms with E-state index in [9.17, 15) is 9.59 Å². The minimum atomic E-state index is -0.764. The summed E-state index contributed by atoms with van der Waals surface area (Å²) in [7, 11) is 2.01. The van der Waals surface area contributed by atoms with Crippen LogP contribution in [-0.4, -0.2) is 52.2 Å². The van der Waals surface area contributed by atoms with Crippen molar-refractivity contribution >= 4 is 45.7 Å². The van der Waals surface area contributed by atoms with E-state index in [2.05, 4.69) is 25.5 Å². The normalized spacial score (nSPS) is 19.6. The maximum atomic E-state index is 13.7. The van der Waals surface area contributed by atoms with Gasteiger partial charge in [-0.2, -0.15) is 0 Å². The summed E-state index contributed by atoms with van der Waals surface area (Å²) in [5, 5.41) is 7.43. The maximum Gasteiger partial charge on any atom is 0.251 e. The second kappa shape index (κ2) is 8.65. The number of fused-ring (bicyclic) bond motifs is 3. The third-order valence-electron chi connectivity index (χ3n) is 6.84. The summed E-state index contributed by atoms with van der Waals surface area (Å²) in [4.78, 5) is 36.4. The first-order chi connectivity index (χ1) is 17.4. The molecular formula is C27H24ClN5O3. The van der Waals surface area contributed by atoms with Gasteiger partial charge in [0.1, 0.15) is 22.7 Å². The van der Waals surface area contributed by atoms with Gasteiger partial charge >= 0.3 is 0 Å². The van der Waals surface area contributed by atoms with E-state index in [0.717, 1.165) is 13.0 Å². The first-order valence-electron chi connectivity index (χ1n) is 11.8. The number of likely N-dealkylation sites (N-methyl/N-ethyl adjacent to an activating group) is 1. The van der Waals surface area contributed by atoms with Crippen molar-refractivity contribution in [2.45, 2.75) is 18.4 Å². The predicted octanol–water partition coefficient (Wildman–Crippen LogP) is 5.07. The van der Waals surface area contributed by atoms with Gasteiger partial charge in [-0.25, -0.2) is 4.98 Å². The number of nitrogens with zero attached hydrogens (tertiary/aromatic N) is 2. The second-order valence-corrected chi connectivity index (χ2v) is 9.77. The van der Waals surface area contributed by atoms with Crippen molar-refractivity contribution in [3.8, 4) is 11.5 Å². The largest absolute Gasteiger partial charge is 0.457 e. The molecule has 1 amide bonds. The van der Waals surface area contributed by atoms with E-state index in [0.29, 0.717) is 58.0 Å². The highest BCUT2D eigenvalue weighted by molar-refractivity contribution is 6.36. The Labute approximate surface area is 212 Å². The molecule has 9 heteroatoms. The summed E-state index contributed by atoms with van der Waals surface area (Å²) in [5.74, 6) is 0.884. The molecule has 1 unspecified atom stereocenters. The van der Waals surface area contributed by atoms with Crippen molar-refractivity contribution in [1.29, 1.82) is 0 Å². The number of amides is 1. The molecule has 0 radical (unpaired) electrons. The molecule has 0 bridgehead atoms. The Morgan fingerprint density at radius 3 is 2.75 bits per heavy atom. The van der Waals surface area contributed by atoms with Crippen LogP contribution >= 0.6 is 11.6 Å². The first kappa shape index (κ1) is 22.6. The number of ketones is 1. The summed E-state index contributed by atoms with van der Waals surface area (Å²) in [6.45, 7) is 1.51. The fraction of sp³-hybridized carbons (Fsp3) is 0.222. The molecule has 0 saturated carbocycles. The lowest BCUT2D eigenvalue weighted by atomic mass is 9.85. The van der Waals surface area contributed by atoms with Crippen molar-refractivity contribution < 1.29 is 14.3 Å². The molecule has 2 aliphatic heterocycles. The fourth-order valence-corrected chi connectivity index (χ4v) is 5.36. The number of rotatable bonds is 4. The van der Waals surface area contributed by atoms with Crippen LogP contribution in [0.15, 0.2) is 60.9 Å². The van der Waals surface area contributed by atoms with Gasteiger partial charge in [-0.05, 0) is 50.7 Å². The summed E-state index contributed by atoms with van der Waals surface area (Å²) < 4.78 is 5.85. The van der Waals surface area contributed by atoms with E-state index in [1.54, 1.807) is 30.6 Å². The zero-order valence-corrected chi connectivity index (χ0v) is 20.4. The number of piperidine rings is 1. The molecule has 4 heterocycles. The van der Waals surface area contributed by atoms with Gasteiger partial charge in [-0.15, -0.1) is 0 Å². The van der Waals surface area contributed by atoms with Gasteiger partial charge in [0.25, 0.3) is 5.91 Å². The number of carbonyl (C=O) groups is 2. The van der Waals surface area contributed by atoms with E-state index in [4.69, 9.17) is 16.3 Å². The highest BCUT2D eigenvalue weighted by Crippen LogP contribution is 2.41. The number of aromatic nitrogens is 2. The molecule has 6 rings (SSSR count). The molecule has 8 nitrogen and oxygen atoms in total. The van der Waals surface area contributed by atoms with Crippen molar-refractivity contribution in [3.05, 3.63) is 77.1 Å². The van der Waals surface area contributed by atoms with Crippen LogP contribution in [0.25, 0.3) is 11.0 Å². The van der Waals surface area contributed by atoms with Crippen LogP contribution in [0.3, 0.4) is 0 Å². The molecule has 1 saturated heterocycles. The molecular weight excluding hydrogens is 478 g/mol. The summed E-state index contributed by atoms with van der Waals surface area (Å²) in [5.41, 5.74) is 1.82. The van der Waals surface area contributed by atoms with E-state index < -0.39 is 5.54 Å². The SMILES string of the molecule is CN1CCCC2(C1)Nc1c(cnc3[nH]cc(C(=O)c4ccc(Oc5ccccc5)cc4Cl)c13)NC2=O. The van der Waals surface area contributed by atoms with Crippen LogP contribution in [0, 0.1) is 0 Å². The zero-order chi connectivity index (χ0) is 24.9. The minimum absolute atomic E-state index is 0.0804. The van der Waals surface area contributed by atoms with Gasteiger partial charge in [0.15, 0.2) is 5.78 Å². The van der Waals surface area contributed by atoms with Crippen LogP contribution in [0.1, 0.15) is 28.8 Å². The van der Waals surface area contributed by atoms with Gasteiger partial charge in [0.2, 0.25) is 0 Å². The van der Waals surface area contributed by atoms with Crippen LogP contribution in [-0.2, 0) is 4.79 Å². The number of para-hydroxylation sites is 1. The number of hydrogen-bond donors (Lipinski definition) is 3. The molecule has 2 aromatic carbocycles. The van der Waals surface area contributed by atoms with E-state index in [1.165, 1.54) is 0 Å². The monoisotopic (exact) mass is 501 g/mol. The number of H-pyrrole nitrogens is 1. The number of halogens is 1. The van der Waals surface area contributed by atoms with Gasteiger partial charge in [0.05, 0.1) is 33.5 Å². The number of likely N-dealkylation sites (tertiary alicyclic amines) is 1. The average Bonchev–Trinajstić information content (AvgIpc) is 3.30. The minimum Gasteiger partial charge on any atom is -0.457 e. The lowest BCUT2D eigenvalue weighted by molar-refractivity contribution is -0.122. The zero-order valence-electron chi connectivity index (χ0n) is 19.6. The molecule has 36 heavy (non-hydrogen) atoms. The quantitative estimate of drug-likeness (QED) is 0.338. The second-order valence-electron chi connectivity index (χ2n) is 9.36. The topological polar surface area (TPSA) is 99.3 Å². The molecule has 1 atom stereocenters. The number of nitrogens with one attached hydrogen (secondary N) is 3. The third-order valence-corrected chi connectivity index (χ3v) is 7.15. The Balaban J connectivity index is 1.37. The van der Waals surface area contributed by atoms with Gasteiger partial charge < -0.3 is 25.3 Å². The van der Waals surface area contributed by atoms with Crippen molar-refractivity contribution in [1.82, 2.24) is 14.9 Å². The number of pyridine rings is 1. The van der Waals surface area contributed by atoms with E-state index in [-0.39, 0.29) is 16.7 Å². The van der Waals surface area contributed by atoms with Crippen molar-refractivity contribution in [2.75, 3.05) is 30.8 Å². The lowest BCUT2D eigenvalue weighted by Crippen LogP contribution is -2.61. The average molecular weight is 502 g/mol. The first-order valence-corrected chi connectivity index (χ1v) is 12.2. The van der Waals surface area contributed by atoms with Crippen LogP contribution in [0.5, 0.6) is 11.5 Å². The Morgan fingerprint density at radius 1 is 1.14 bits per heavy atom. The van der Waals surface area contributed by atoms with E-state index in [1.807, 2.05) is 37.4 Å². The molecule has 3 N–H and O–H groups in total. The lowest BCUT2D eigenvalue weighted by Gasteiger charge is -2.44. The number of aromatic amines is 1. The van der Waals surface area contributed by atoms with Crippen molar-refractivity contribution in [2.24, 2.45) is 0 Å². The number of benzene rings is 2. The standard InChI is InChI=1S/C27H24ClN5O3/c1-33-11-5-10-27(15-33)26(35)31-21-14-30-25-22(23(21)32-27)19(13-29-25)24(34)18-9-8-17(12-20(18)28)36-16-6-3-2-4-7-16/h2-4,6-9,12-14,32H,5,10-11,15H2,1H3,(H,29,30)(H,31,35). The van der Waals surface area contributed by atoms with Crippen molar-refractivity contribution in [3.63, 3.8) is 0 Å². The number of ether oxygens (including phenoxy) is 1. The maximum absolute atomic E-state index is 13.7. The number of anilines is 2. The molecule has 2 aromatic heterocycles. The highest BCUT2D eigenvalue weighted by atomic mass is 35.5. The Kier molecular flexibility index (Phi) is 5.43. The molecule has 0 aliphatic carbocycles. The van der Waals surface area contributed by atoms with Crippen LogP contribution in [0.4, 0.5) is 11.4 Å². The molecule has 182 valence electrons. The molecule has 1 fully saturated rings. The Hall–Kier alpha value is -3.88. The summed E-state index contributed by atoms with van der Waals surface area (Å²) in [6.07, 6.45) is 4.85. The molecule has 2 aliphatic rings. The Morgan fingerprint density at radius 2 is 1.97 bits per heavy atom. The highest BCUT2D eigenvalue weighted by Gasteiger charge is 2.45. The van der Waals surface area contributed by atoms with Gasteiger partial charge in [-0.3, -0.25) is 9.59 Å². The van der Waals surface area contributed by atoms with E-state index >= 15 is 0 Å². The summed E-state index contributed by atoms with van der Waals surface area (Å²) in [6, 6.07) is 14.4. The molecule has 1 spiro atoms. The molecule has 4 aromatic rings.